The van der Waals surface area contributed by atoms with Gasteiger partial charge in [0, 0.05) is 11.1 Å². The van der Waals surface area contributed by atoms with Crippen LogP contribution in [0.25, 0.3) is 0 Å². The second-order valence-electron chi connectivity index (χ2n) is 4.47. The maximum Gasteiger partial charge on any atom is 0.119 e. The van der Waals surface area contributed by atoms with E-state index in [1.807, 2.05) is 26.1 Å². The molecule has 0 aliphatic heterocycles. The minimum absolute atomic E-state index is 0.152. The maximum atomic E-state index is 5.60. The van der Waals surface area contributed by atoms with Crippen LogP contribution in [-0.2, 0) is 0 Å². The molecule has 3 nitrogen and oxygen atoms in total. The average Bonchev–Trinajstić information content (AvgIpc) is 2.85. The SMILES string of the molecule is CCCOc1ccc(C(NC)c2nc(C)cs2)cc1. The van der Waals surface area contributed by atoms with Crippen molar-refractivity contribution in [2.75, 3.05) is 13.7 Å². The summed E-state index contributed by atoms with van der Waals surface area (Å²) < 4.78 is 5.60. The fourth-order valence-electron chi connectivity index (χ4n) is 1.91. The molecule has 0 aliphatic rings. The number of hydrogen-bond acceptors (Lipinski definition) is 4. The van der Waals surface area contributed by atoms with Gasteiger partial charge in [-0.1, -0.05) is 19.1 Å². The first-order valence-electron chi connectivity index (χ1n) is 6.56. The largest absolute Gasteiger partial charge is 0.494 e. The molecule has 0 aliphatic carbocycles. The fraction of sp³-hybridized carbons (Fsp3) is 0.400. The molecule has 1 aromatic carbocycles. The lowest BCUT2D eigenvalue weighted by molar-refractivity contribution is 0.317. The molecule has 0 fully saturated rings. The van der Waals surface area contributed by atoms with E-state index in [-0.39, 0.29) is 6.04 Å². The number of nitrogens with zero attached hydrogens (tertiary/aromatic N) is 1. The number of thiazole rings is 1. The van der Waals surface area contributed by atoms with Gasteiger partial charge in [0.1, 0.15) is 10.8 Å². The van der Waals surface area contributed by atoms with Gasteiger partial charge >= 0.3 is 0 Å². The number of hydrogen-bond donors (Lipinski definition) is 1. The van der Waals surface area contributed by atoms with E-state index >= 15 is 0 Å². The Balaban J connectivity index is 2.15. The summed E-state index contributed by atoms with van der Waals surface area (Å²) in [6, 6.07) is 8.40. The van der Waals surface area contributed by atoms with E-state index in [0.717, 1.165) is 29.5 Å². The van der Waals surface area contributed by atoms with Crippen LogP contribution in [0, 0.1) is 6.92 Å². The van der Waals surface area contributed by atoms with Gasteiger partial charge in [-0.2, -0.15) is 0 Å². The van der Waals surface area contributed by atoms with E-state index < -0.39 is 0 Å². The topological polar surface area (TPSA) is 34.1 Å². The molecule has 1 atom stereocenters. The van der Waals surface area contributed by atoms with Crippen LogP contribution < -0.4 is 10.1 Å². The molecular weight excluding hydrogens is 256 g/mol. The van der Waals surface area contributed by atoms with Crippen LogP contribution in [0.4, 0.5) is 0 Å². The standard InChI is InChI=1S/C15H20N2OS/c1-4-9-18-13-7-5-12(6-8-13)14(16-3)15-17-11(2)10-19-15/h5-8,10,14,16H,4,9H2,1-3H3. The molecule has 2 rings (SSSR count). The molecule has 19 heavy (non-hydrogen) atoms. The molecule has 1 N–H and O–H groups in total. The molecule has 0 saturated heterocycles. The van der Waals surface area contributed by atoms with Crippen molar-refractivity contribution in [1.29, 1.82) is 0 Å². The summed E-state index contributed by atoms with van der Waals surface area (Å²) in [7, 11) is 1.96. The third kappa shape index (κ3) is 3.55. The first-order valence-corrected chi connectivity index (χ1v) is 7.44. The quantitative estimate of drug-likeness (QED) is 0.876. The van der Waals surface area contributed by atoms with Crippen molar-refractivity contribution in [2.45, 2.75) is 26.3 Å². The van der Waals surface area contributed by atoms with Crippen molar-refractivity contribution in [3.05, 3.63) is 45.9 Å². The minimum atomic E-state index is 0.152. The van der Waals surface area contributed by atoms with Gasteiger partial charge in [-0.3, -0.25) is 0 Å². The Kier molecular flexibility index (Phi) is 4.93. The van der Waals surface area contributed by atoms with E-state index in [4.69, 9.17) is 4.74 Å². The van der Waals surface area contributed by atoms with Crippen LogP contribution in [0.1, 0.15) is 35.7 Å². The molecule has 0 radical (unpaired) electrons. The van der Waals surface area contributed by atoms with E-state index in [1.165, 1.54) is 5.56 Å². The minimum Gasteiger partial charge on any atom is -0.494 e. The zero-order valence-electron chi connectivity index (χ0n) is 11.6. The molecule has 0 saturated carbocycles. The fourth-order valence-corrected chi connectivity index (χ4v) is 2.84. The number of rotatable bonds is 6. The van der Waals surface area contributed by atoms with Gasteiger partial charge in [-0.05, 0) is 38.1 Å². The van der Waals surface area contributed by atoms with Crippen LogP contribution in [0.5, 0.6) is 5.75 Å². The Hall–Kier alpha value is -1.39. The zero-order valence-corrected chi connectivity index (χ0v) is 12.5. The van der Waals surface area contributed by atoms with Gasteiger partial charge in [-0.15, -0.1) is 11.3 Å². The predicted molar refractivity (Wildman–Crippen MR) is 80.0 cm³/mol. The number of nitrogens with one attached hydrogen (secondary N) is 1. The second kappa shape index (κ2) is 6.68. The van der Waals surface area contributed by atoms with Crippen molar-refractivity contribution in [3.8, 4) is 5.75 Å². The highest BCUT2D eigenvalue weighted by Gasteiger charge is 2.15. The summed E-state index contributed by atoms with van der Waals surface area (Å²) in [5.74, 6) is 0.927. The van der Waals surface area contributed by atoms with Gasteiger partial charge < -0.3 is 10.1 Å². The third-order valence-electron chi connectivity index (χ3n) is 2.86. The zero-order chi connectivity index (χ0) is 13.7. The first-order chi connectivity index (χ1) is 9.24. The van der Waals surface area contributed by atoms with E-state index in [0.29, 0.717) is 0 Å². The highest BCUT2D eigenvalue weighted by atomic mass is 32.1. The van der Waals surface area contributed by atoms with E-state index in [2.05, 4.69) is 34.7 Å². The van der Waals surface area contributed by atoms with Gasteiger partial charge in [0.2, 0.25) is 0 Å². The van der Waals surface area contributed by atoms with Crippen molar-refractivity contribution < 1.29 is 4.74 Å². The molecule has 0 amide bonds. The van der Waals surface area contributed by atoms with Gasteiger partial charge in [0.05, 0.1) is 12.6 Å². The van der Waals surface area contributed by atoms with Crippen molar-refractivity contribution in [3.63, 3.8) is 0 Å². The van der Waals surface area contributed by atoms with Crippen LogP contribution >= 0.6 is 11.3 Å². The molecule has 1 unspecified atom stereocenters. The van der Waals surface area contributed by atoms with Gasteiger partial charge in [0.25, 0.3) is 0 Å². The van der Waals surface area contributed by atoms with Crippen molar-refractivity contribution in [1.82, 2.24) is 10.3 Å². The molecule has 1 aromatic heterocycles. The normalized spacial score (nSPS) is 12.4. The first kappa shape index (κ1) is 14.0. The lowest BCUT2D eigenvalue weighted by atomic mass is 10.1. The third-order valence-corrected chi connectivity index (χ3v) is 3.89. The summed E-state index contributed by atoms with van der Waals surface area (Å²) in [5.41, 5.74) is 2.28. The van der Waals surface area contributed by atoms with Crippen LogP contribution in [0.2, 0.25) is 0 Å². The van der Waals surface area contributed by atoms with E-state index in [1.54, 1.807) is 11.3 Å². The lowest BCUT2D eigenvalue weighted by Crippen LogP contribution is -2.17. The summed E-state index contributed by atoms with van der Waals surface area (Å²) in [5, 5.41) is 6.50. The van der Waals surface area contributed by atoms with Crippen LogP contribution in [0.3, 0.4) is 0 Å². The molecule has 2 aromatic rings. The molecule has 1 heterocycles. The number of aryl methyl sites for hydroxylation is 1. The van der Waals surface area contributed by atoms with Gasteiger partial charge in [-0.25, -0.2) is 4.98 Å². The number of ether oxygens (including phenoxy) is 1. The van der Waals surface area contributed by atoms with Crippen molar-refractivity contribution >= 4 is 11.3 Å². The van der Waals surface area contributed by atoms with Crippen LogP contribution in [-0.4, -0.2) is 18.6 Å². The summed E-state index contributed by atoms with van der Waals surface area (Å²) in [6.07, 6.45) is 1.03. The molecule has 102 valence electrons. The monoisotopic (exact) mass is 276 g/mol. The average molecular weight is 276 g/mol. The Morgan fingerprint density at radius 2 is 2.05 bits per heavy atom. The van der Waals surface area contributed by atoms with Crippen LogP contribution in [0.15, 0.2) is 29.6 Å². The number of aromatic nitrogens is 1. The van der Waals surface area contributed by atoms with Crippen molar-refractivity contribution in [2.24, 2.45) is 0 Å². The highest BCUT2D eigenvalue weighted by Crippen LogP contribution is 2.26. The maximum absolute atomic E-state index is 5.60. The summed E-state index contributed by atoms with van der Waals surface area (Å²) >= 11 is 1.69. The molecular formula is C15H20N2OS. The highest BCUT2D eigenvalue weighted by molar-refractivity contribution is 7.09. The Morgan fingerprint density at radius 3 is 2.58 bits per heavy atom. The number of benzene rings is 1. The molecule has 4 heteroatoms. The Bertz CT molecular complexity index is 507. The molecule has 0 bridgehead atoms. The molecule has 0 spiro atoms. The second-order valence-corrected chi connectivity index (χ2v) is 5.36. The lowest BCUT2D eigenvalue weighted by Gasteiger charge is -2.14. The Labute approximate surface area is 118 Å². The van der Waals surface area contributed by atoms with E-state index in [9.17, 15) is 0 Å². The Morgan fingerprint density at radius 1 is 1.32 bits per heavy atom. The summed E-state index contributed by atoms with van der Waals surface area (Å²) in [4.78, 5) is 4.56. The van der Waals surface area contributed by atoms with Gasteiger partial charge in [0.15, 0.2) is 0 Å². The predicted octanol–water partition coefficient (Wildman–Crippen LogP) is 3.55. The summed E-state index contributed by atoms with van der Waals surface area (Å²) in [6.45, 7) is 4.89. The smallest absolute Gasteiger partial charge is 0.119 e.